The van der Waals surface area contributed by atoms with E-state index in [1.54, 1.807) is 0 Å². The zero-order chi connectivity index (χ0) is 18.9. The summed E-state index contributed by atoms with van der Waals surface area (Å²) in [6, 6.07) is 11.1. The van der Waals surface area contributed by atoms with Gasteiger partial charge in [-0.2, -0.15) is 0 Å². The average Bonchev–Trinajstić information content (AvgIpc) is 2.65. The van der Waals surface area contributed by atoms with Crippen LogP contribution in [0.1, 0.15) is 54.6 Å². The molecule has 0 N–H and O–H groups in total. The van der Waals surface area contributed by atoms with E-state index in [4.69, 9.17) is 0 Å². The van der Waals surface area contributed by atoms with Crippen LogP contribution in [0.5, 0.6) is 0 Å². The van der Waals surface area contributed by atoms with Gasteiger partial charge in [-0.1, -0.05) is 56.0 Å². The molecule has 0 unspecified atom stereocenters. The average molecular weight is 346 g/mol. The summed E-state index contributed by atoms with van der Waals surface area (Å²) in [6.45, 7) is 12.6. The number of allylic oxidation sites excluding steroid dienone is 5. The van der Waals surface area contributed by atoms with Gasteiger partial charge in [0, 0.05) is 11.9 Å². The first-order valence-corrected chi connectivity index (χ1v) is 9.58. The number of hydrogen-bond donors (Lipinski definition) is 0. The second-order valence-corrected chi connectivity index (χ2v) is 6.83. The number of aromatic nitrogens is 1. The van der Waals surface area contributed by atoms with Gasteiger partial charge >= 0.3 is 0 Å². The molecule has 0 fully saturated rings. The molecule has 1 heterocycles. The van der Waals surface area contributed by atoms with Gasteiger partial charge < -0.3 is 0 Å². The Hall–Kier alpha value is -2.41. The van der Waals surface area contributed by atoms with Gasteiger partial charge in [0.1, 0.15) is 0 Å². The summed E-state index contributed by atoms with van der Waals surface area (Å²) >= 11 is 0. The Labute approximate surface area is 159 Å². The molecule has 2 aromatic rings. The Morgan fingerprint density at radius 1 is 1.12 bits per heavy atom. The minimum Gasteiger partial charge on any atom is -0.261 e. The minimum atomic E-state index is 1.01. The van der Waals surface area contributed by atoms with Crippen molar-refractivity contribution in [1.82, 2.24) is 4.98 Å². The normalized spacial score (nSPS) is 12.3. The summed E-state index contributed by atoms with van der Waals surface area (Å²) in [7, 11) is 0. The molecule has 0 aliphatic heterocycles. The number of pyridine rings is 1. The van der Waals surface area contributed by atoms with Gasteiger partial charge in [-0.3, -0.25) is 4.98 Å². The zero-order valence-electron chi connectivity index (χ0n) is 16.7. The van der Waals surface area contributed by atoms with Gasteiger partial charge in [0.15, 0.2) is 0 Å². The summed E-state index contributed by atoms with van der Waals surface area (Å²) < 4.78 is 0. The number of hydrogen-bond acceptors (Lipinski definition) is 1. The number of rotatable bonds is 8. The smallest absolute Gasteiger partial charge is 0.0403 e. The second kappa shape index (κ2) is 9.91. The molecule has 0 radical (unpaired) electrons. The quantitative estimate of drug-likeness (QED) is 0.479. The van der Waals surface area contributed by atoms with Crippen LogP contribution in [0.2, 0.25) is 0 Å². The predicted molar refractivity (Wildman–Crippen MR) is 114 cm³/mol. The SMILES string of the molecule is C=CC(=C(C=CC)CC)c1cc(CCCc2ccc(C)cn2)ccc1C. The molecule has 0 aliphatic carbocycles. The number of aryl methyl sites for hydroxylation is 4. The van der Waals surface area contributed by atoms with Crippen molar-refractivity contribution in [2.24, 2.45) is 0 Å². The summed E-state index contributed by atoms with van der Waals surface area (Å²) in [5, 5.41) is 0. The largest absolute Gasteiger partial charge is 0.261 e. The van der Waals surface area contributed by atoms with E-state index in [-0.39, 0.29) is 0 Å². The van der Waals surface area contributed by atoms with E-state index >= 15 is 0 Å². The van der Waals surface area contributed by atoms with Crippen LogP contribution in [-0.4, -0.2) is 4.98 Å². The van der Waals surface area contributed by atoms with Crippen LogP contribution in [0.4, 0.5) is 0 Å². The first-order chi connectivity index (χ1) is 12.6. The highest BCUT2D eigenvalue weighted by Gasteiger charge is 2.08. The van der Waals surface area contributed by atoms with E-state index < -0.39 is 0 Å². The Bertz CT molecular complexity index is 791. The lowest BCUT2D eigenvalue weighted by Crippen LogP contribution is -1.96. The van der Waals surface area contributed by atoms with Crippen LogP contribution >= 0.6 is 0 Å². The fourth-order valence-corrected chi connectivity index (χ4v) is 3.25. The third kappa shape index (κ3) is 5.29. The van der Waals surface area contributed by atoms with Crippen molar-refractivity contribution in [3.05, 3.63) is 94.9 Å². The fourth-order valence-electron chi connectivity index (χ4n) is 3.25. The lowest BCUT2D eigenvalue weighted by atomic mass is 9.92. The molecule has 1 nitrogen and oxygen atoms in total. The van der Waals surface area contributed by atoms with Crippen LogP contribution in [0, 0.1) is 13.8 Å². The van der Waals surface area contributed by atoms with E-state index in [9.17, 15) is 0 Å². The van der Waals surface area contributed by atoms with E-state index in [1.807, 2.05) is 12.3 Å². The van der Waals surface area contributed by atoms with Gasteiger partial charge in [-0.15, -0.1) is 0 Å². The van der Waals surface area contributed by atoms with Crippen molar-refractivity contribution in [2.75, 3.05) is 0 Å². The molecule has 26 heavy (non-hydrogen) atoms. The highest BCUT2D eigenvalue weighted by molar-refractivity contribution is 5.80. The first kappa shape index (κ1) is 19.9. The van der Waals surface area contributed by atoms with Gasteiger partial charge in [-0.25, -0.2) is 0 Å². The topological polar surface area (TPSA) is 12.9 Å². The summed E-state index contributed by atoms with van der Waals surface area (Å²) in [4.78, 5) is 4.51. The van der Waals surface area contributed by atoms with Crippen LogP contribution in [-0.2, 0) is 12.8 Å². The van der Waals surface area contributed by atoms with E-state index in [1.165, 1.54) is 39.1 Å². The molecule has 1 heteroatoms. The van der Waals surface area contributed by atoms with Gasteiger partial charge in [0.25, 0.3) is 0 Å². The molecule has 0 amide bonds. The first-order valence-electron chi connectivity index (χ1n) is 9.58. The van der Waals surface area contributed by atoms with Crippen LogP contribution in [0.15, 0.2) is 66.9 Å². The molecule has 2 rings (SSSR count). The van der Waals surface area contributed by atoms with Crippen LogP contribution < -0.4 is 0 Å². The maximum atomic E-state index is 4.51. The highest BCUT2D eigenvalue weighted by Crippen LogP contribution is 2.27. The summed E-state index contributed by atoms with van der Waals surface area (Å²) in [5.41, 5.74) is 8.98. The summed E-state index contributed by atoms with van der Waals surface area (Å²) in [6.07, 6.45) is 12.5. The molecule has 0 saturated heterocycles. The molecule has 136 valence electrons. The lowest BCUT2D eigenvalue weighted by molar-refractivity contribution is 0.798. The third-order valence-corrected chi connectivity index (χ3v) is 4.76. The fraction of sp³-hybridized carbons (Fsp3) is 0.320. The van der Waals surface area contributed by atoms with Crippen LogP contribution in [0.3, 0.4) is 0 Å². The van der Waals surface area contributed by atoms with Crippen LogP contribution in [0.25, 0.3) is 5.57 Å². The monoisotopic (exact) mass is 345 g/mol. The maximum Gasteiger partial charge on any atom is 0.0403 e. The zero-order valence-corrected chi connectivity index (χ0v) is 16.7. The van der Waals surface area contributed by atoms with Crippen molar-refractivity contribution in [1.29, 1.82) is 0 Å². The third-order valence-electron chi connectivity index (χ3n) is 4.76. The minimum absolute atomic E-state index is 1.01. The lowest BCUT2D eigenvalue weighted by Gasteiger charge is -2.13. The molecule has 0 bridgehead atoms. The van der Waals surface area contributed by atoms with Crippen molar-refractivity contribution in [2.45, 2.75) is 53.4 Å². The number of benzene rings is 1. The Kier molecular flexibility index (Phi) is 7.59. The maximum absolute atomic E-state index is 4.51. The molecule has 1 aromatic carbocycles. The van der Waals surface area contributed by atoms with Crippen molar-refractivity contribution in [3.8, 4) is 0 Å². The van der Waals surface area contributed by atoms with Crippen molar-refractivity contribution >= 4 is 5.57 Å². The molecule has 0 saturated carbocycles. The van der Waals surface area contributed by atoms with Gasteiger partial charge in [-0.05, 0) is 85.9 Å². The Balaban J connectivity index is 2.18. The molecule has 1 aromatic heterocycles. The van der Waals surface area contributed by atoms with E-state index in [0.29, 0.717) is 0 Å². The molecular formula is C25H31N. The van der Waals surface area contributed by atoms with Gasteiger partial charge in [0.05, 0.1) is 0 Å². The molecular weight excluding hydrogens is 314 g/mol. The Morgan fingerprint density at radius 2 is 1.92 bits per heavy atom. The standard InChI is InChI=1S/C25H31N/c1-6-10-22(7-2)24(8-3)25-17-21(15-14-20(25)5)11-9-12-23-16-13-19(4)18-26-23/h6,8,10,13-18H,3,7,9,11-12H2,1-2,4-5H3. The van der Waals surface area contributed by atoms with Crippen molar-refractivity contribution < 1.29 is 0 Å². The van der Waals surface area contributed by atoms with E-state index in [0.717, 1.165) is 25.7 Å². The molecule has 0 atom stereocenters. The second-order valence-electron chi connectivity index (χ2n) is 6.83. The molecule has 0 spiro atoms. The number of nitrogens with zero attached hydrogens (tertiary/aromatic N) is 1. The van der Waals surface area contributed by atoms with Gasteiger partial charge in [0.2, 0.25) is 0 Å². The molecule has 0 aliphatic rings. The van der Waals surface area contributed by atoms with Crippen molar-refractivity contribution in [3.63, 3.8) is 0 Å². The predicted octanol–water partition coefficient (Wildman–Crippen LogP) is 6.80. The highest BCUT2D eigenvalue weighted by atomic mass is 14.7. The summed E-state index contributed by atoms with van der Waals surface area (Å²) in [5.74, 6) is 0. The Morgan fingerprint density at radius 3 is 2.54 bits per heavy atom. The van der Waals surface area contributed by atoms with E-state index in [2.05, 4.69) is 81.7 Å².